The van der Waals surface area contributed by atoms with E-state index in [4.69, 9.17) is 4.74 Å². The predicted octanol–water partition coefficient (Wildman–Crippen LogP) is 5.61. The van der Waals surface area contributed by atoms with Crippen molar-refractivity contribution in [2.75, 3.05) is 31.8 Å². The molecule has 0 aliphatic heterocycles. The first-order valence-corrected chi connectivity index (χ1v) is 15.2. The first-order chi connectivity index (χ1) is 22.1. The maximum Gasteiger partial charge on any atom is 0.410 e. The van der Waals surface area contributed by atoms with E-state index in [1.165, 1.54) is 11.9 Å². The summed E-state index contributed by atoms with van der Waals surface area (Å²) in [6.07, 6.45) is 1.14. The van der Waals surface area contributed by atoms with Crippen molar-refractivity contribution >= 4 is 40.2 Å². The normalized spacial score (nSPS) is 11.6. The number of anilines is 2. The summed E-state index contributed by atoms with van der Waals surface area (Å²) in [5.41, 5.74) is 4.87. The first kappa shape index (κ1) is 34.4. The van der Waals surface area contributed by atoms with Crippen LogP contribution in [-0.2, 0) is 9.53 Å². The van der Waals surface area contributed by atoms with Crippen LogP contribution < -0.4 is 16.0 Å². The van der Waals surface area contributed by atoms with Crippen LogP contribution in [0.2, 0.25) is 0 Å². The molecule has 0 aliphatic rings. The summed E-state index contributed by atoms with van der Waals surface area (Å²) < 4.78 is 5.44. The van der Waals surface area contributed by atoms with E-state index in [1.54, 1.807) is 67.0 Å². The van der Waals surface area contributed by atoms with Crippen LogP contribution in [-0.4, -0.2) is 70.5 Å². The Morgan fingerprint density at radius 3 is 2.32 bits per heavy atom. The Balaban J connectivity index is 1.82. The summed E-state index contributed by atoms with van der Waals surface area (Å²) in [5, 5.41) is 10.8. The third-order valence-corrected chi connectivity index (χ3v) is 7.57. The minimum Gasteiger partial charge on any atom is -0.444 e. The summed E-state index contributed by atoms with van der Waals surface area (Å²) in [6, 6.07) is 10.4. The summed E-state index contributed by atoms with van der Waals surface area (Å²) in [6.45, 7) is 12.5. The monoisotopic (exact) mass is 635 g/mol. The molecule has 3 N–H and O–H groups in total. The summed E-state index contributed by atoms with van der Waals surface area (Å²) >= 11 is 0. The minimum atomic E-state index is -0.879. The molecule has 1 atom stereocenters. The van der Waals surface area contributed by atoms with Crippen molar-refractivity contribution in [2.45, 2.75) is 60.1 Å². The van der Waals surface area contributed by atoms with Crippen LogP contribution >= 0.6 is 0 Å². The van der Waals surface area contributed by atoms with Crippen molar-refractivity contribution in [3.8, 4) is 23.0 Å². The number of carbonyl (C=O) groups is 3. The van der Waals surface area contributed by atoms with E-state index in [2.05, 4.69) is 42.7 Å². The lowest BCUT2D eigenvalue weighted by Crippen LogP contribution is -2.45. The van der Waals surface area contributed by atoms with E-state index >= 15 is 0 Å². The fourth-order valence-electron chi connectivity index (χ4n) is 5.10. The maximum absolute atomic E-state index is 13.4. The third kappa shape index (κ3) is 7.84. The Bertz CT molecular complexity index is 1940. The second-order valence-electron chi connectivity index (χ2n) is 12.2. The van der Waals surface area contributed by atoms with Gasteiger partial charge in [-0.3, -0.25) is 24.5 Å². The number of nitrogens with one attached hydrogen (secondary N) is 3. The minimum absolute atomic E-state index is 0.213. The molecular formula is C36H41N7O4. The quantitative estimate of drug-likeness (QED) is 0.233. The molecular weight excluding hydrogens is 594 g/mol. The summed E-state index contributed by atoms with van der Waals surface area (Å²) in [5.74, 6) is 5.79. The molecule has 4 rings (SSSR count). The van der Waals surface area contributed by atoms with Gasteiger partial charge in [0.15, 0.2) is 0 Å². The lowest BCUT2D eigenvalue weighted by molar-refractivity contribution is -0.120. The molecule has 3 aromatic heterocycles. The fourth-order valence-corrected chi connectivity index (χ4v) is 5.10. The molecule has 1 aromatic carbocycles. The average Bonchev–Trinajstić information content (AvgIpc) is 3.01. The highest BCUT2D eigenvalue weighted by molar-refractivity contribution is 6.05. The molecule has 0 spiro atoms. The Labute approximate surface area is 275 Å². The Kier molecular flexibility index (Phi) is 10.1. The fraction of sp³-hybridized carbons (Fsp3) is 0.333. The number of likely N-dealkylation sites (N-methyl/N-ethyl adjacent to an activating group) is 1. The largest absolute Gasteiger partial charge is 0.444 e. The highest BCUT2D eigenvalue weighted by Gasteiger charge is 2.28. The van der Waals surface area contributed by atoms with Crippen LogP contribution in [0, 0.1) is 32.6 Å². The van der Waals surface area contributed by atoms with Crippen LogP contribution in [0.1, 0.15) is 66.4 Å². The molecule has 0 fully saturated rings. The standard InChI is InChI=1S/C36H41N7O4/c1-20-28-14-12-24(17-25(28)15-16-39-20)11-13-27-18-26(30-21(2)40-22(3)31(32(30)37-8)34(45)38-9)19-29(41-27)42-33(44)23(4)43(10)35(46)47-36(5,6)7/h12,14-19,23H,1-10H3,(H,37,40)(H,38,45)(H,41,42,44). The number of fused-ring (bicyclic) bond motifs is 1. The van der Waals surface area contributed by atoms with E-state index in [0.717, 1.165) is 22.0 Å². The number of hydrogen-bond acceptors (Lipinski definition) is 8. The van der Waals surface area contributed by atoms with E-state index in [9.17, 15) is 14.4 Å². The third-order valence-electron chi connectivity index (χ3n) is 7.57. The molecule has 0 saturated carbocycles. The zero-order chi connectivity index (χ0) is 34.6. The number of rotatable bonds is 6. The van der Waals surface area contributed by atoms with Crippen molar-refractivity contribution in [1.82, 2.24) is 25.2 Å². The van der Waals surface area contributed by atoms with Crippen molar-refractivity contribution in [2.24, 2.45) is 0 Å². The lowest BCUT2D eigenvalue weighted by Gasteiger charge is -2.28. The molecule has 3 amide bonds. The highest BCUT2D eigenvalue weighted by atomic mass is 16.6. The molecule has 4 aromatic rings. The lowest BCUT2D eigenvalue weighted by atomic mass is 9.97. The smallest absolute Gasteiger partial charge is 0.410 e. The molecule has 11 heteroatoms. The Morgan fingerprint density at radius 1 is 0.936 bits per heavy atom. The van der Waals surface area contributed by atoms with Crippen molar-refractivity contribution < 1.29 is 19.1 Å². The summed E-state index contributed by atoms with van der Waals surface area (Å²) in [4.78, 5) is 53.9. The molecule has 0 radical (unpaired) electrons. The van der Waals surface area contributed by atoms with Crippen LogP contribution in [0.3, 0.4) is 0 Å². The van der Waals surface area contributed by atoms with E-state index < -0.39 is 23.6 Å². The number of pyridine rings is 3. The number of hydrogen-bond donors (Lipinski definition) is 3. The SMILES string of the molecule is CNC(=O)c1c(C)nc(C)c(-c2cc(C#Cc3ccc4c(C)nccc4c3)nc(NC(=O)C(C)N(C)C(=O)OC(C)(C)C)c2)c1NC. The molecule has 0 bridgehead atoms. The van der Waals surface area contributed by atoms with Gasteiger partial charge in [0.05, 0.1) is 16.9 Å². The second-order valence-corrected chi connectivity index (χ2v) is 12.2. The number of aromatic nitrogens is 3. The van der Waals surface area contributed by atoms with Gasteiger partial charge in [-0.25, -0.2) is 9.78 Å². The number of benzene rings is 1. The van der Waals surface area contributed by atoms with E-state index in [-0.39, 0.29) is 11.7 Å². The van der Waals surface area contributed by atoms with Gasteiger partial charge in [0.25, 0.3) is 5.91 Å². The van der Waals surface area contributed by atoms with Gasteiger partial charge in [-0.05, 0) is 95.7 Å². The maximum atomic E-state index is 13.4. The van der Waals surface area contributed by atoms with Crippen LogP contribution in [0.5, 0.6) is 0 Å². The zero-order valence-corrected chi connectivity index (χ0v) is 28.5. The number of ether oxygens (including phenoxy) is 1. The Hall–Kier alpha value is -5.50. The van der Waals surface area contributed by atoms with Crippen LogP contribution in [0.15, 0.2) is 42.6 Å². The Morgan fingerprint density at radius 2 is 1.66 bits per heavy atom. The van der Waals surface area contributed by atoms with Crippen molar-refractivity contribution in [3.05, 3.63) is 76.5 Å². The topological polar surface area (TPSA) is 138 Å². The highest BCUT2D eigenvalue weighted by Crippen LogP contribution is 2.36. The van der Waals surface area contributed by atoms with Gasteiger partial charge in [-0.1, -0.05) is 12.0 Å². The van der Waals surface area contributed by atoms with Gasteiger partial charge < -0.3 is 20.7 Å². The number of aryl methyl sites for hydroxylation is 3. The van der Waals surface area contributed by atoms with Gasteiger partial charge in [-0.15, -0.1) is 0 Å². The molecule has 11 nitrogen and oxygen atoms in total. The van der Waals surface area contributed by atoms with Gasteiger partial charge in [0.1, 0.15) is 23.2 Å². The van der Waals surface area contributed by atoms with Crippen molar-refractivity contribution in [1.29, 1.82) is 0 Å². The first-order valence-electron chi connectivity index (χ1n) is 15.2. The van der Waals surface area contributed by atoms with Gasteiger partial charge in [-0.2, -0.15) is 0 Å². The number of nitrogens with zero attached hydrogens (tertiary/aromatic N) is 4. The van der Waals surface area contributed by atoms with Gasteiger partial charge in [0, 0.05) is 55.2 Å². The van der Waals surface area contributed by atoms with Crippen molar-refractivity contribution in [3.63, 3.8) is 0 Å². The zero-order valence-electron chi connectivity index (χ0n) is 28.5. The molecule has 47 heavy (non-hydrogen) atoms. The number of amides is 3. The number of carbonyl (C=O) groups excluding carboxylic acids is 3. The second kappa shape index (κ2) is 13.9. The predicted molar refractivity (Wildman–Crippen MR) is 184 cm³/mol. The summed E-state index contributed by atoms with van der Waals surface area (Å²) in [7, 11) is 4.80. The van der Waals surface area contributed by atoms with Crippen LogP contribution in [0.25, 0.3) is 21.9 Å². The van der Waals surface area contributed by atoms with E-state index in [1.807, 2.05) is 38.1 Å². The van der Waals surface area contributed by atoms with E-state index in [0.29, 0.717) is 39.5 Å². The molecule has 3 heterocycles. The molecule has 0 saturated heterocycles. The van der Waals surface area contributed by atoms with Gasteiger partial charge in [0.2, 0.25) is 5.91 Å². The molecule has 0 aliphatic carbocycles. The molecule has 1 unspecified atom stereocenters. The van der Waals surface area contributed by atoms with Crippen LogP contribution in [0.4, 0.5) is 16.3 Å². The van der Waals surface area contributed by atoms with Gasteiger partial charge >= 0.3 is 6.09 Å². The molecule has 244 valence electrons. The average molecular weight is 636 g/mol.